The Morgan fingerprint density at radius 1 is 1.10 bits per heavy atom. The molecule has 3 aliphatic heterocycles. The summed E-state index contributed by atoms with van der Waals surface area (Å²) in [5, 5.41) is 12.8. The minimum absolute atomic E-state index is 0.205. The van der Waals surface area contributed by atoms with E-state index in [1.54, 1.807) is 0 Å². The van der Waals surface area contributed by atoms with E-state index in [2.05, 4.69) is 54.0 Å². The zero-order valence-electron chi connectivity index (χ0n) is 16.8. The molecule has 3 heteroatoms. The smallest absolute Gasteiger partial charge is 0.131 e. The number of hydrogen-bond acceptors (Lipinski definition) is 2. The van der Waals surface area contributed by atoms with Gasteiger partial charge in [-0.1, -0.05) is 54.6 Å². The number of benzene rings is 2. The predicted molar refractivity (Wildman–Crippen MR) is 117 cm³/mol. The number of aliphatic hydroxyl groups is 1. The SMILES string of the molecule is C=CC1C[N+]2(Cc3ccccc3)CCC1CC2[C@H](O)c1ccnc2ccccc12. The standard InChI is InChI=1S/C26H29N2O/c1-2-20-18-28(17-19-8-4-3-5-9-19)15-13-21(20)16-25(28)26(29)23-12-14-27-24-11-7-6-10-22(23)24/h2-12,14,20-21,25-26,29H,1,13,15-18H2/q+1/t20?,21?,25?,26-,28?/m1/s1. The second-order valence-corrected chi connectivity index (χ2v) is 8.88. The molecule has 3 saturated heterocycles. The molecule has 6 rings (SSSR count). The van der Waals surface area contributed by atoms with Crippen molar-refractivity contribution in [2.75, 3.05) is 13.1 Å². The minimum atomic E-state index is -0.486. The van der Waals surface area contributed by atoms with E-state index in [0.717, 1.165) is 47.0 Å². The predicted octanol–water partition coefficient (Wildman–Crippen LogP) is 4.88. The molecule has 0 saturated carbocycles. The van der Waals surface area contributed by atoms with Crippen molar-refractivity contribution in [3.05, 3.63) is 90.6 Å². The number of aromatic nitrogens is 1. The molecule has 1 N–H and O–H groups in total. The lowest BCUT2D eigenvalue weighted by Gasteiger charge is -2.58. The number of nitrogens with zero attached hydrogens (tertiary/aromatic N) is 2. The first-order valence-corrected chi connectivity index (χ1v) is 10.7. The molecule has 3 fully saturated rings. The lowest BCUT2D eigenvalue weighted by molar-refractivity contribution is -0.984. The molecule has 148 valence electrons. The zero-order chi connectivity index (χ0) is 19.8. The van der Waals surface area contributed by atoms with Crippen molar-refractivity contribution in [2.24, 2.45) is 11.8 Å². The quantitative estimate of drug-likeness (QED) is 0.502. The van der Waals surface area contributed by atoms with Crippen molar-refractivity contribution >= 4 is 10.9 Å². The van der Waals surface area contributed by atoms with Gasteiger partial charge in [0.2, 0.25) is 0 Å². The summed E-state index contributed by atoms with van der Waals surface area (Å²) in [6, 6.07) is 21.2. The van der Waals surface area contributed by atoms with Gasteiger partial charge in [-0.05, 0) is 23.6 Å². The minimum Gasteiger partial charge on any atom is -0.382 e. The van der Waals surface area contributed by atoms with Crippen molar-refractivity contribution in [1.82, 2.24) is 4.98 Å². The van der Waals surface area contributed by atoms with E-state index in [-0.39, 0.29) is 6.04 Å². The summed E-state index contributed by atoms with van der Waals surface area (Å²) in [5.41, 5.74) is 3.33. The summed E-state index contributed by atoms with van der Waals surface area (Å²) >= 11 is 0. The van der Waals surface area contributed by atoms with Gasteiger partial charge in [0, 0.05) is 35.9 Å². The molecule has 0 spiro atoms. The topological polar surface area (TPSA) is 33.1 Å². The van der Waals surface area contributed by atoms with Gasteiger partial charge in [0.05, 0.1) is 18.6 Å². The Morgan fingerprint density at radius 3 is 2.72 bits per heavy atom. The highest BCUT2D eigenvalue weighted by molar-refractivity contribution is 5.82. The first kappa shape index (κ1) is 18.5. The zero-order valence-corrected chi connectivity index (χ0v) is 16.8. The van der Waals surface area contributed by atoms with Gasteiger partial charge in [0.25, 0.3) is 0 Å². The summed E-state index contributed by atoms with van der Waals surface area (Å²) in [4.78, 5) is 4.50. The Balaban J connectivity index is 1.56. The average molecular weight is 386 g/mol. The maximum absolute atomic E-state index is 11.7. The first-order valence-electron chi connectivity index (χ1n) is 10.7. The van der Waals surface area contributed by atoms with Gasteiger partial charge in [-0.2, -0.15) is 0 Å². The number of piperidine rings is 3. The van der Waals surface area contributed by atoms with Crippen LogP contribution in [0.3, 0.4) is 0 Å². The first-order chi connectivity index (χ1) is 14.2. The van der Waals surface area contributed by atoms with Gasteiger partial charge in [-0.25, -0.2) is 0 Å². The largest absolute Gasteiger partial charge is 0.382 e. The molecule has 29 heavy (non-hydrogen) atoms. The van der Waals surface area contributed by atoms with E-state index < -0.39 is 6.10 Å². The van der Waals surface area contributed by atoms with Gasteiger partial charge < -0.3 is 9.59 Å². The third-order valence-corrected chi connectivity index (χ3v) is 7.38. The fraction of sp³-hybridized carbons (Fsp3) is 0.346. The summed E-state index contributed by atoms with van der Waals surface area (Å²) in [6.07, 6.45) is 5.79. The maximum Gasteiger partial charge on any atom is 0.131 e. The molecule has 4 unspecified atom stereocenters. The molecular formula is C26H29N2O+. The Bertz CT molecular complexity index is 1010. The van der Waals surface area contributed by atoms with Crippen molar-refractivity contribution in [2.45, 2.75) is 31.5 Å². The Morgan fingerprint density at radius 2 is 1.90 bits per heavy atom. The van der Waals surface area contributed by atoms with E-state index in [0.29, 0.717) is 11.8 Å². The number of hydrogen-bond donors (Lipinski definition) is 1. The van der Waals surface area contributed by atoms with Gasteiger partial charge in [0.15, 0.2) is 0 Å². The molecule has 3 aliphatic rings. The lowest BCUT2D eigenvalue weighted by Crippen LogP contribution is -2.67. The monoisotopic (exact) mass is 385 g/mol. The lowest BCUT2D eigenvalue weighted by atomic mass is 9.71. The molecule has 2 aromatic carbocycles. The number of fused-ring (bicyclic) bond motifs is 4. The van der Waals surface area contributed by atoms with Crippen LogP contribution in [0.15, 0.2) is 79.5 Å². The molecule has 0 amide bonds. The van der Waals surface area contributed by atoms with Crippen molar-refractivity contribution in [3.63, 3.8) is 0 Å². The van der Waals surface area contributed by atoms with Crippen LogP contribution in [-0.2, 0) is 6.54 Å². The molecule has 2 bridgehead atoms. The van der Waals surface area contributed by atoms with Crippen LogP contribution in [0.1, 0.15) is 30.1 Å². The summed E-state index contributed by atoms with van der Waals surface area (Å²) in [6.45, 7) is 7.32. The van der Waals surface area contributed by atoms with E-state index in [4.69, 9.17) is 0 Å². The normalized spacial score (nSPS) is 29.6. The third-order valence-electron chi connectivity index (χ3n) is 7.38. The Labute approximate surface area is 172 Å². The molecule has 0 aliphatic carbocycles. The summed E-state index contributed by atoms with van der Waals surface area (Å²) in [5.74, 6) is 1.18. The van der Waals surface area contributed by atoms with Gasteiger partial charge in [-0.15, -0.1) is 6.58 Å². The van der Waals surface area contributed by atoms with Crippen LogP contribution >= 0.6 is 0 Å². The van der Waals surface area contributed by atoms with E-state index in [1.807, 2.05) is 30.5 Å². The molecular weight excluding hydrogens is 356 g/mol. The number of pyridine rings is 1. The Kier molecular flexibility index (Phi) is 4.73. The summed E-state index contributed by atoms with van der Waals surface area (Å²) in [7, 11) is 0. The number of quaternary nitrogens is 1. The molecule has 3 nitrogen and oxygen atoms in total. The third kappa shape index (κ3) is 3.19. The molecule has 0 radical (unpaired) electrons. The van der Waals surface area contributed by atoms with Crippen LogP contribution < -0.4 is 0 Å². The highest BCUT2D eigenvalue weighted by atomic mass is 16.3. The summed E-state index contributed by atoms with van der Waals surface area (Å²) < 4.78 is 0.953. The number of rotatable bonds is 5. The van der Waals surface area contributed by atoms with Crippen LogP contribution in [0, 0.1) is 11.8 Å². The van der Waals surface area contributed by atoms with Crippen LogP contribution in [0.2, 0.25) is 0 Å². The highest BCUT2D eigenvalue weighted by Crippen LogP contribution is 2.47. The second kappa shape index (κ2) is 7.40. The van der Waals surface area contributed by atoms with Crippen molar-refractivity contribution < 1.29 is 9.59 Å². The van der Waals surface area contributed by atoms with Crippen LogP contribution in [0.5, 0.6) is 0 Å². The van der Waals surface area contributed by atoms with Crippen LogP contribution in [0.25, 0.3) is 10.9 Å². The van der Waals surface area contributed by atoms with Crippen molar-refractivity contribution in [1.29, 1.82) is 0 Å². The van der Waals surface area contributed by atoms with E-state index >= 15 is 0 Å². The molecule has 4 heterocycles. The van der Waals surface area contributed by atoms with E-state index in [1.165, 1.54) is 12.0 Å². The van der Waals surface area contributed by atoms with Gasteiger partial charge >= 0.3 is 0 Å². The van der Waals surface area contributed by atoms with E-state index in [9.17, 15) is 5.11 Å². The molecule has 5 atom stereocenters. The fourth-order valence-electron chi connectivity index (χ4n) is 5.91. The van der Waals surface area contributed by atoms with Crippen molar-refractivity contribution in [3.8, 4) is 0 Å². The Hall–Kier alpha value is -2.49. The van der Waals surface area contributed by atoms with Crippen LogP contribution in [0.4, 0.5) is 0 Å². The number of aliphatic hydroxyl groups excluding tert-OH is 1. The number of para-hydroxylation sites is 1. The van der Waals surface area contributed by atoms with Gasteiger partial charge in [0.1, 0.15) is 18.7 Å². The van der Waals surface area contributed by atoms with Crippen LogP contribution in [-0.4, -0.2) is 33.7 Å². The average Bonchev–Trinajstić information content (AvgIpc) is 2.78. The molecule has 3 aromatic rings. The highest BCUT2D eigenvalue weighted by Gasteiger charge is 2.53. The maximum atomic E-state index is 11.7. The fourth-order valence-corrected chi connectivity index (χ4v) is 5.91. The second-order valence-electron chi connectivity index (χ2n) is 8.88. The van der Waals surface area contributed by atoms with Gasteiger partial charge in [-0.3, -0.25) is 4.98 Å². The molecule has 1 aromatic heterocycles.